The first kappa shape index (κ1) is 14.4. The van der Waals surface area contributed by atoms with Crippen molar-refractivity contribution >= 4 is 5.97 Å². The molecule has 1 rings (SSSR count). The number of ether oxygens (including phenoxy) is 1. The van der Waals surface area contributed by atoms with Gasteiger partial charge in [0, 0.05) is 5.56 Å². The van der Waals surface area contributed by atoms with E-state index in [0.29, 0.717) is 30.2 Å². The van der Waals surface area contributed by atoms with E-state index in [4.69, 9.17) is 4.74 Å². The van der Waals surface area contributed by atoms with Crippen LogP contribution in [-0.4, -0.2) is 27.7 Å². The highest BCUT2D eigenvalue weighted by Gasteiger charge is 2.25. The Morgan fingerprint density at radius 3 is 2.61 bits per heavy atom. The highest BCUT2D eigenvalue weighted by atomic mass is 16.5. The van der Waals surface area contributed by atoms with Crippen molar-refractivity contribution in [1.29, 1.82) is 0 Å². The van der Waals surface area contributed by atoms with Gasteiger partial charge in [0.15, 0.2) is 0 Å². The van der Waals surface area contributed by atoms with Crippen LogP contribution in [-0.2, 0) is 4.79 Å². The molecule has 0 bridgehead atoms. The number of aromatic nitrogens is 2. The van der Waals surface area contributed by atoms with Crippen molar-refractivity contribution in [3.8, 4) is 5.88 Å². The van der Waals surface area contributed by atoms with Crippen LogP contribution < -0.4 is 4.74 Å². The third-order valence-corrected chi connectivity index (χ3v) is 2.69. The molecule has 0 aliphatic carbocycles. The van der Waals surface area contributed by atoms with Gasteiger partial charge in [-0.25, -0.2) is 9.97 Å². The second-order valence-electron chi connectivity index (χ2n) is 4.64. The van der Waals surface area contributed by atoms with Gasteiger partial charge >= 0.3 is 5.97 Å². The fourth-order valence-corrected chi connectivity index (χ4v) is 1.88. The van der Waals surface area contributed by atoms with E-state index in [1.54, 1.807) is 6.92 Å². The normalized spacial score (nSPS) is 12.5. The maximum absolute atomic E-state index is 11.4. The van der Waals surface area contributed by atoms with Crippen LogP contribution in [0.4, 0.5) is 0 Å². The molecule has 0 spiro atoms. The molecule has 0 fully saturated rings. The van der Waals surface area contributed by atoms with Crippen LogP contribution in [0.1, 0.15) is 44.4 Å². The fourth-order valence-electron chi connectivity index (χ4n) is 1.88. The summed E-state index contributed by atoms with van der Waals surface area (Å²) in [5.41, 5.74) is 1.27. The van der Waals surface area contributed by atoms with Crippen molar-refractivity contribution in [2.45, 2.75) is 40.0 Å². The van der Waals surface area contributed by atoms with E-state index in [1.165, 1.54) is 6.33 Å². The van der Waals surface area contributed by atoms with Crippen molar-refractivity contribution in [3.05, 3.63) is 17.6 Å². The first-order valence-electron chi connectivity index (χ1n) is 6.14. The Morgan fingerprint density at radius 2 is 2.11 bits per heavy atom. The van der Waals surface area contributed by atoms with E-state index in [1.807, 2.05) is 20.8 Å². The quantitative estimate of drug-likeness (QED) is 0.841. The minimum atomic E-state index is -0.854. The van der Waals surface area contributed by atoms with Crippen LogP contribution in [0.25, 0.3) is 0 Å². The third-order valence-electron chi connectivity index (χ3n) is 2.69. The SMILES string of the molecule is CCOc1ncnc(C(CC(C)C)C(=O)O)c1C. The first-order chi connectivity index (χ1) is 8.47. The number of carboxylic acids is 1. The van der Waals surface area contributed by atoms with E-state index in [2.05, 4.69) is 9.97 Å². The zero-order valence-electron chi connectivity index (χ0n) is 11.3. The molecule has 18 heavy (non-hydrogen) atoms. The molecule has 0 aliphatic rings. The molecule has 1 aromatic rings. The van der Waals surface area contributed by atoms with Gasteiger partial charge in [-0.1, -0.05) is 13.8 Å². The molecule has 0 saturated carbocycles. The van der Waals surface area contributed by atoms with Crippen LogP contribution >= 0.6 is 0 Å². The number of rotatable bonds is 6. The van der Waals surface area contributed by atoms with Crippen LogP contribution in [0, 0.1) is 12.8 Å². The molecule has 1 aromatic heterocycles. The molecule has 5 nitrogen and oxygen atoms in total. The summed E-state index contributed by atoms with van der Waals surface area (Å²) in [5.74, 6) is -0.700. The standard InChI is InChI=1S/C13H20N2O3/c1-5-18-12-9(4)11(14-7-15-12)10(13(16)17)6-8(2)3/h7-8,10H,5-6H2,1-4H3,(H,16,17). The lowest BCUT2D eigenvalue weighted by molar-refractivity contribution is -0.139. The van der Waals surface area contributed by atoms with Crippen molar-refractivity contribution in [3.63, 3.8) is 0 Å². The Labute approximate surface area is 107 Å². The van der Waals surface area contributed by atoms with E-state index >= 15 is 0 Å². The van der Waals surface area contributed by atoms with Crippen LogP contribution in [0.15, 0.2) is 6.33 Å². The van der Waals surface area contributed by atoms with E-state index < -0.39 is 11.9 Å². The van der Waals surface area contributed by atoms with E-state index in [0.717, 1.165) is 0 Å². The summed E-state index contributed by atoms with van der Waals surface area (Å²) < 4.78 is 5.37. The molecule has 0 saturated heterocycles. The molecule has 1 atom stereocenters. The van der Waals surface area contributed by atoms with Gasteiger partial charge in [-0.3, -0.25) is 4.79 Å². The zero-order chi connectivity index (χ0) is 13.7. The van der Waals surface area contributed by atoms with Gasteiger partial charge in [-0.2, -0.15) is 0 Å². The zero-order valence-corrected chi connectivity index (χ0v) is 11.3. The monoisotopic (exact) mass is 252 g/mol. The molecule has 0 aromatic carbocycles. The second kappa shape index (κ2) is 6.33. The first-order valence-corrected chi connectivity index (χ1v) is 6.14. The summed E-state index contributed by atoms with van der Waals surface area (Å²) in [5, 5.41) is 9.32. The number of hydrogen-bond donors (Lipinski definition) is 1. The van der Waals surface area contributed by atoms with Gasteiger partial charge in [-0.05, 0) is 26.2 Å². The highest BCUT2D eigenvalue weighted by Crippen LogP contribution is 2.28. The molecule has 0 amide bonds. The molecule has 1 heterocycles. The van der Waals surface area contributed by atoms with E-state index in [-0.39, 0.29) is 5.92 Å². The summed E-state index contributed by atoms with van der Waals surface area (Å²) in [6.07, 6.45) is 1.92. The Morgan fingerprint density at radius 1 is 1.44 bits per heavy atom. The largest absolute Gasteiger partial charge is 0.481 e. The average molecular weight is 252 g/mol. The summed E-state index contributed by atoms with van der Waals surface area (Å²) >= 11 is 0. The van der Waals surface area contributed by atoms with Crippen molar-refractivity contribution < 1.29 is 14.6 Å². The predicted molar refractivity (Wildman–Crippen MR) is 67.8 cm³/mol. The van der Waals surface area contributed by atoms with Gasteiger partial charge in [0.25, 0.3) is 0 Å². The Hall–Kier alpha value is -1.65. The number of carbonyl (C=O) groups is 1. The lowest BCUT2D eigenvalue weighted by Gasteiger charge is -2.17. The minimum Gasteiger partial charge on any atom is -0.481 e. The third kappa shape index (κ3) is 3.42. The van der Waals surface area contributed by atoms with Crippen molar-refractivity contribution in [1.82, 2.24) is 9.97 Å². The van der Waals surface area contributed by atoms with Gasteiger partial charge in [0.1, 0.15) is 6.33 Å². The number of aliphatic carboxylic acids is 1. The maximum Gasteiger partial charge on any atom is 0.312 e. The average Bonchev–Trinajstić information content (AvgIpc) is 2.29. The van der Waals surface area contributed by atoms with Gasteiger partial charge in [-0.15, -0.1) is 0 Å². The smallest absolute Gasteiger partial charge is 0.312 e. The molecule has 0 radical (unpaired) electrons. The van der Waals surface area contributed by atoms with Gasteiger partial charge < -0.3 is 9.84 Å². The minimum absolute atomic E-state index is 0.288. The van der Waals surface area contributed by atoms with Crippen LogP contribution in [0.3, 0.4) is 0 Å². The van der Waals surface area contributed by atoms with Crippen molar-refractivity contribution in [2.75, 3.05) is 6.61 Å². The molecule has 1 N–H and O–H groups in total. The maximum atomic E-state index is 11.4. The molecule has 1 unspecified atom stereocenters. The molecule has 5 heteroatoms. The number of hydrogen-bond acceptors (Lipinski definition) is 4. The highest BCUT2D eigenvalue weighted by molar-refractivity contribution is 5.76. The van der Waals surface area contributed by atoms with E-state index in [9.17, 15) is 9.90 Å². The second-order valence-corrected chi connectivity index (χ2v) is 4.64. The summed E-state index contributed by atoms with van der Waals surface area (Å²) in [7, 11) is 0. The Kier molecular flexibility index (Phi) is 5.07. The summed E-state index contributed by atoms with van der Waals surface area (Å²) in [4.78, 5) is 19.5. The van der Waals surface area contributed by atoms with Gasteiger partial charge in [0.05, 0.1) is 18.2 Å². The lowest BCUT2D eigenvalue weighted by Crippen LogP contribution is -2.17. The summed E-state index contributed by atoms with van der Waals surface area (Å²) in [6.45, 7) is 8.16. The summed E-state index contributed by atoms with van der Waals surface area (Å²) in [6, 6.07) is 0. The van der Waals surface area contributed by atoms with Crippen LogP contribution in [0.5, 0.6) is 5.88 Å². The van der Waals surface area contributed by atoms with Gasteiger partial charge in [0.2, 0.25) is 5.88 Å². The molecular formula is C13H20N2O3. The lowest BCUT2D eigenvalue weighted by atomic mass is 9.92. The molecule has 100 valence electrons. The van der Waals surface area contributed by atoms with Crippen LogP contribution in [0.2, 0.25) is 0 Å². The molecule has 0 aliphatic heterocycles. The Bertz CT molecular complexity index is 419. The number of nitrogens with zero attached hydrogens (tertiary/aromatic N) is 2. The molecular weight excluding hydrogens is 232 g/mol. The topological polar surface area (TPSA) is 72.3 Å². The Balaban J connectivity index is 3.12. The predicted octanol–water partition coefficient (Wildman–Crippen LogP) is 2.40. The van der Waals surface area contributed by atoms with Crippen molar-refractivity contribution in [2.24, 2.45) is 5.92 Å². The number of carboxylic acid groups (broad SMARTS) is 1. The fraction of sp³-hybridized carbons (Fsp3) is 0.615.